The summed E-state index contributed by atoms with van der Waals surface area (Å²) in [5, 5.41) is 3.44. The van der Waals surface area contributed by atoms with Crippen LogP contribution < -0.4 is 5.32 Å². The molecule has 0 amide bonds. The van der Waals surface area contributed by atoms with Gasteiger partial charge in [0.25, 0.3) is 0 Å². The molecule has 0 aromatic carbocycles. The summed E-state index contributed by atoms with van der Waals surface area (Å²) >= 11 is 0. The molecule has 0 atom stereocenters. The molecule has 0 saturated carbocycles. The van der Waals surface area contributed by atoms with Crippen LogP contribution in [0.2, 0.25) is 0 Å². The predicted octanol–water partition coefficient (Wildman–Crippen LogP) is 2.82. The van der Waals surface area contributed by atoms with Gasteiger partial charge in [0.1, 0.15) is 0 Å². The van der Waals surface area contributed by atoms with Gasteiger partial charge in [0.05, 0.1) is 6.61 Å². The standard InChI is InChI=1S/C17H34N2O2/c1-4-21-17(20)8-6-5-7-13-19(15(2)3)14-16-9-11-18-12-10-16/h15-16,18H,4-14H2,1-3H3. The minimum absolute atomic E-state index is 0.0482. The Balaban J connectivity index is 2.14. The summed E-state index contributed by atoms with van der Waals surface area (Å²) in [7, 11) is 0. The maximum absolute atomic E-state index is 11.3. The maximum atomic E-state index is 11.3. The van der Waals surface area contributed by atoms with E-state index in [1.54, 1.807) is 0 Å². The fourth-order valence-corrected chi connectivity index (χ4v) is 2.95. The molecule has 1 aliphatic rings. The normalized spacial score (nSPS) is 16.6. The third kappa shape index (κ3) is 8.42. The van der Waals surface area contributed by atoms with E-state index in [2.05, 4.69) is 24.1 Å². The van der Waals surface area contributed by atoms with Crippen LogP contribution in [0.5, 0.6) is 0 Å². The minimum atomic E-state index is -0.0482. The van der Waals surface area contributed by atoms with Gasteiger partial charge in [-0.15, -0.1) is 0 Å². The first kappa shape index (κ1) is 18.4. The Kier molecular flexibility index (Phi) is 9.68. The summed E-state index contributed by atoms with van der Waals surface area (Å²) in [6.45, 7) is 11.7. The average Bonchev–Trinajstić information content (AvgIpc) is 2.47. The Bertz CT molecular complexity index is 276. The first-order chi connectivity index (χ1) is 10.1. The molecular formula is C17H34N2O2. The number of esters is 1. The van der Waals surface area contributed by atoms with E-state index in [1.807, 2.05) is 6.92 Å². The van der Waals surface area contributed by atoms with Crippen molar-refractivity contribution in [1.82, 2.24) is 10.2 Å². The molecule has 1 N–H and O–H groups in total. The highest BCUT2D eigenvalue weighted by Crippen LogP contribution is 2.16. The van der Waals surface area contributed by atoms with Gasteiger partial charge in [0, 0.05) is 19.0 Å². The van der Waals surface area contributed by atoms with Crippen molar-refractivity contribution < 1.29 is 9.53 Å². The van der Waals surface area contributed by atoms with Gasteiger partial charge in [-0.2, -0.15) is 0 Å². The van der Waals surface area contributed by atoms with Gasteiger partial charge in [-0.1, -0.05) is 6.42 Å². The number of rotatable bonds is 10. The van der Waals surface area contributed by atoms with Gasteiger partial charge >= 0.3 is 5.97 Å². The van der Waals surface area contributed by atoms with Gasteiger partial charge in [-0.3, -0.25) is 4.79 Å². The molecule has 4 nitrogen and oxygen atoms in total. The molecule has 1 fully saturated rings. The van der Waals surface area contributed by atoms with E-state index in [0.29, 0.717) is 19.1 Å². The van der Waals surface area contributed by atoms with Crippen molar-refractivity contribution in [2.24, 2.45) is 5.92 Å². The largest absolute Gasteiger partial charge is 0.466 e. The van der Waals surface area contributed by atoms with Crippen LogP contribution in [0.3, 0.4) is 0 Å². The summed E-state index contributed by atoms with van der Waals surface area (Å²) in [6, 6.07) is 0.616. The molecule has 1 rings (SSSR count). The lowest BCUT2D eigenvalue weighted by atomic mass is 9.97. The predicted molar refractivity (Wildman–Crippen MR) is 87.4 cm³/mol. The molecule has 4 heteroatoms. The highest BCUT2D eigenvalue weighted by atomic mass is 16.5. The van der Waals surface area contributed by atoms with E-state index < -0.39 is 0 Å². The first-order valence-electron chi connectivity index (χ1n) is 8.73. The van der Waals surface area contributed by atoms with Crippen LogP contribution in [-0.2, 0) is 9.53 Å². The van der Waals surface area contributed by atoms with E-state index >= 15 is 0 Å². The fourth-order valence-electron chi connectivity index (χ4n) is 2.95. The molecule has 1 aliphatic heterocycles. The fraction of sp³-hybridized carbons (Fsp3) is 0.941. The Morgan fingerprint density at radius 2 is 1.95 bits per heavy atom. The van der Waals surface area contributed by atoms with Crippen molar-refractivity contribution in [3.05, 3.63) is 0 Å². The second-order valence-electron chi connectivity index (χ2n) is 6.40. The third-order valence-corrected chi connectivity index (χ3v) is 4.31. The van der Waals surface area contributed by atoms with E-state index in [4.69, 9.17) is 4.74 Å². The van der Waals surface area contributed by atoms with Crippen molar-refractivity contribution in [1.29, 1.82) is 0 Å². The number of hydrogen-bond donors (Lipinski definition) is 1. The smallest absolute Gasteiger partial charge is 0.305 e. The summed E-state index contributed by atoms with van der Waals surface area (Å²) < 4.78 is 4.95. The summed E-state index contributed by atoms with van der Waals surface area (Å²) in [5.41, 5.74) is 0. The Morgan fingerprint density at radius 3 is 2.57 bits per heavy atom. The van der Waals surface area contributed by atoms with Crippen LogP contribution in [0.15, 0.2) is 0 Å². The summed E-state index contributed by atoms with van der Waals surface area (Å²) in [5.74, 6) is 0.807. The third-order valence-electron chi connectivity index (χ3n) is 4.31. The summed E-state index contributed by atoms with van der Waals surface area (Å²) in [4.78, 5) is 13.9. The molecule has 124 valence electrons. The van der Waals surface area contributed by atoms with Gasteiger partial charge in [0.15, 0.2) is 0 Å². The average molecular weight is 298 g/mol. The number of unbranched alkanes of at least 4 members (excludes halogenated alkanes) is 2. The minimum Gasteiger partial charge on any atom is -0.466 e. The molecule has 1 heterocycles. The van der Waals surface area contributed by atoms with Gasteiger partial charge in [0.2, 0.25) is 0 Å². The molecule has 0 radical (unpaired) electrons. The van der Waals surface area contributed by atoms with Crippen LogP contribution in [0.4, 0.5) is 0 Å². The topological polar surface area (TPSA) is 41.6 Å². The Morgan fingerprint density at radius 1 is 1.24 bits per heavy atom. The maximum Gasteiger partial charge on any atom is 0.305 e. The molecule has 0 aromatic heterocycles. The Labute approximate surface area is 130 Å². The molecule has 0 aromatic rings. The number of carbonyl (C=O) groups excluding carboxylic acids is 1. The first-order valence-corrected chi connectivity index (χ1v) is 8.73. The van der Waals surface area contributed by atoms with Crippen LogP contribution in [0.1, 0.15) is 59.3 Å². The van der Waals surface area contributed by atoms with Crippen LogP contribution in [0.25, 0.3) is 0 Å². The molecule has 0 unspecified atom stereocenters. The number of ether oxygens (including phenoxy) is 1. The number of piperidine rings is 1. The van der Waals surface area contributed by atoms with E-state index in [-0.39, 0.29) is 5.97 Å². The monoisotopic (exact) mass is 298 g/mol. The molecule has 0 aliphatic carbocycles. The zero-order chi connectivity index (χ0) is 15.5. The number of carbonyl (C=O) groups is 1. The highest BCUT2D eigenvalue weighted by molar-refractivity contribution is 5.69. The van der Waals surface area contributed by atoms with Crippen molar-refractivity contribution in [2.45, 2.75) is 65.3 Å². The van der Waals surface area contributed by atoms with Crippen LogP contribution in [-0.4, -0.2) is 49.7 Å². The zero-order valence-corrected chi connectivity index (χ0v) is 14.2. The van der Waals surface area contributed by atoms with Crippen molar-refractivity contribution in [3.63, 3.8) is 0 Å². The van der Waals surface area contributed by atoms with Crippen molar-refractivity contribution in [3.8, 4) is 0 Å². The molecule has 21 heavy (non-hydrogen) atoms. The van der Waals surface area contributed by atoms with E-state index in [0.717, 1.165) is 25.3 Å². The number of nitrogens with one attached hydrogen (secondary N) is 1. The Hall–Kier alpha value is -0.610. The van der Waals surface area contributed by atoms with Crippen molar-refractivity contribution >= 4 is 5.97 Å². The van der Waals surface area contributed by atoms with E-state index in [9.17, 15) is 4.79 Å². The molecule has 1 saturated heterocycles. The lowest BCUT2D eigenvalue weighted by Gasteiger charge is -2.32. The molecule has 0 spiro atoms. The second-order valence-corrected chi connectivity index (χ2v) is 6.40. The SMILES string of the molecule is CCOC(=O)CCCCCN(CC1CCNCC1)C(C)C. The lowest BCUT2D eigenvalue weighted by Crippen LogP contribution is -2.39. The lowest BCUT2D eigenvalue weighted by molar-refractivity contribution is -0.143. The van der Waals surface area contributed by atoms with Crippen LogP contribution >= 0.6 is 0 Å². The zero-order valence-electron chi connectivity index (χ0n) is 14.2. The van der Waals surface area contributed by atoms with Crippen LogP contribution in [0, 0.1) is 5.92 Å². The van der Waals surface area contributed by atoms with Gasteiger partial charge in [-0.05, 0) is 72.0 Å². The number of nitrogens with zero attached hydrogens (tertiary/aromatic N) is 1. The quantitative estimate of drug-likeness (QED) is 0.497. The highest BCUT2D eigenvalue weighted by Gasteiger charge is 2.18. The number of hydrogen-bond acceptors (Lipinski definition) is 4. The van der Waals surface area contributed by atoms with Gasteiger partial charge < -0.3 is 15.0 Å². The molecule has 0 bridgehead atoms. The second kappa shape index (κ2) is 11.0. The summed E-state index contributed by atoms with van der Waals surface area (Å²) in [6.07, 6.45) is 6.46. The van der Waals surface area contributed by atoms with Crippen molar-refractivity contribution in [2.75, 3.05) is 32.8 Å². The molecular weight excluding hydrogens is 264 g/mol. The van der Waals surface area contributed by atoms with Gasteiger partial charge in [-0.25, -0.2) is 0 Å². The van der Waals surface area contributed by atoms with E-state index in [1.165, 1.54) is 38.9 Å².